The molecule has 6 nitrogen and oxygen atoms in total. The third-order valence-corrected chi connectivity index (χ3v) is 2.77. The zero-order valence-electron chi connectivity index (χ0n) is 12.5. The summed E-state index contributed by atoms with van der Waals surface area (Å²) >= 11 is 0. The Morgan fingerprint density at radius 3 is 2.90 bits per heavy atom. The molecule has 21 heavy (non-hydrogen) atoms. The van der Waals surface area contributed by atoms with Crippen LogP contribution in [0.3, 0.4) is 0 Å². The minimum absolute atomic E-state index is 0.560. The molecule has 2 aromatic rings. The summed E-state index contributed by atoms with van der Waals surface area (Å²) in [6.07, 6.45) is 3.59. The number of aryl methyl sites for hydroxylation is 1. The van der Waals surface area contributed by atoms with Crippen LogP contribution in [0.2, 0.25) is 0 Å². The van der Waals surface area contributed by atoms with E-state index in [2.05, 4.69) is 26.9 Å². The molecule has 2 aromatic heterocycles. The molecule has 110 valence electrons. The summed E-state index contributed by atoms with van der Waals surface area (Å²) in [7, 11) is 1.74. The standard InChI is InChI=1S/C15H19N5O/c1-5-20-8-7-12(9-14(20)16-4)19-13-10-15(21-6-2)18-11(3)17-13/h5,7-10H,1,6H2,2-4H3,(H,17,18,19). The number of rotatable bonds is 5. The lowest BCUT2D eigenvalue weighted by atomic mass is 10.3. The first kappa shape index (κ1) is 14.8. The first-order chi connectivity index (χ1) is 10.2. The van der Waals surface area contributed by atoms with Crippen LogP contribution in [0, 0.1) is 6.92 Å². The molecule has 0 atom stereocenters. The van der Waals surface area contributed by atoms with E-state index in [1.807, 2.05) is 36.7 Å². The van der Waals surface area contributed by atoms with Crippen molar-refractivity contribution in [2.75, 3.05) is 19.0 Å². The summed E-state index contributed by atoms with van der Waals surface area (Å²) in [5.74, 6) is 1.90. The molecule has 0 saturated heterocycles. The maximum Gasteiger partial charge on any atom is 0.218 e. The average molecular weight is 285 g/mol. The van der Waals surface area contributed by atoms with Gasteiger partial charge in [-0.2, -0.15) is 4.98 Å². The van der Waals surface area contributed by atoms with Crippen LogP contribution >= 0.6 is 0 Å². The maximum absolute atomic E-state index is 5.42. The molecule has 1 N–H and O–H groups in total. The Bertz CT molecular complexity index is 705. The zero-order chi connectivity index (χ0) is 15.2. The fourth-order valence-corrected chi connectivity index (χ4v) is 1.88. The number of hydrogen-bond donors (Lipinski definition) is 1. The molecule has 0 aromatic carbocycles. The smallest absolute Gasteiger partial charge is 0.218 e. The van der Waals surface area contributed by atoms with Crippen molar-refractivity contribution in [3.8, 4) is 5.88 Å². The summed E-state index contributed by atoms with van der Waals surface area (Å²) in [5, 5.41) is 3.23. The fourth-order valence-electron chi connectivity index (χ4n) is 1.88. The van der Waals surface area contributed by atoms with Gasteiger partial charge in [0.05, 0.1) is 6.61 Å². The first-order valence-electron chi connectivity index (χ1n) is 6.69. The van der Waals surface area contributed by atoms with Crippen LogP contribution in [0.15, 0.2) is 36.0 Å². The van der Waals surface area contributed by atoms with Gasteiger partial charge in [0.25, 0.3) is 0 Å². The Morgan fingerprint density at radius 2 is 2.24 bits per heavy atom. The SMILES string of the molecule is C=Cn1ccc(Nc2cc(OCC)nc(C)n2)cc1=NC. The van der Waals surface area contributed by atoms with Crippen molar-refractivity contribution in [2.24, 2.45) is 4.99 Å². The minimum Gasteiger partial charge on any atom is -0.478 e. The van der Waals surface area contributed by atoms with Crippen molar-refractivity contribution in [1.29, 1.82) is 0 Å². The summed E-state index contributed by atoms with van der Waals surface area (Å²) < 4.78 is 7.25. The third kappa shape index (κ3) is 3.68. The van der Waals surface area contributed by atoms with Crippen molar-refractivity contribution in [2.45, 2.75) is 13.8 Å². The molecule has 6 heteroatoms. The van der Waals surface area contributed by atoms with E-state index in [9.17, 15) is 0 Å². The van der Waals surface area contributed by atoms with Crippen LogP contribution in [-0.4, -0.2) is 28.2 Å². The van der Waals surface area contributed by atoms with E-state index in [0.717, 1.165) is 11.2 Å². The van der Waals surface area contributed by atoms with E-state index >= 15 is 0 Å². The molecule has 2 rings (SSSR count). The molecule has 0 amide bonds. The molecule has 0 aliphatic rings. The number of aromatic nitrogens is 3. The van der Waals surface area contributed by atoms with Gasteiger partial charge < -0.3 is 14.6 Å². The lowest BCUT2D eigenvalue weighted by Gasteiger charge is -2.10. The highest BCUT2D eigenvalue weighted by Crippen LogP contribution is 2.17. The van der Waals surface area contributed by atoms with Crippen molar-refractivity contribution >= 4 is 17.7 Å². The van der Waals surface area contributed by atoms with Gasteiger partial charge in [0.1, 0.15) is 17.1 Å². The predicted octanol–water partition coefficient (Wildman–Crippen LogP) is 2.36. The molecule has 0 saturated carbocycles. The van der Waals surface area contributed by atoms with Gasteiger partial charge in [-0.05, 0) is 19.9 Å². The van der Waals surface area contributed by atoms with E-state index < -0.39 is 0 Å². The number of anilines is 2. The van der Waals surface area contributed by atoms with Crippen LogP contribution in [0.5, 0.6) is 5.88 Å². The molecule has 0 aliphatic heterocycles. The Balaban J connectivity index is 2.32. The van der Waals surface area contributed by atoms with Gasteiger partial charge in [0.2, 0.25) is 5.88 Å². The summed E-state index contributed by atoms with van der Waals surface area (Å²) in [4.78, 5) is 12.8. The van der Waals surface area contributed by atoms with Crippen LogP contribution in [0.1, 0.15) is 12.7 Å². The van der Waals surface area contributed by atoms with Crippen molar-refractivity contribution < 1.29 is 4.74 Å². The van der Waals surface area contributed by atoms with Crippen LogP contribution in [0.4, 0.5) is 11.5 Å². The first-order valence-corrected chi connectivity index (χ1v) is 6.69. The molecule has 0 fully saturated rings. The summed E-state index contributed by atoms with van der Waals surface area (Å²) in [6.45, 7) is 8.06. The van der Waals surface area contributed by atoms with Crippen LogP contribution < -0.4 is 15.5 Å². The van der Waals surface area contributed by atoms with Gasteiger partial charge in [0, 0.05) is 37.3 Å². The Kier molecular flexibility index (Phi) is 4.71. The van der Waals surface area contributed by atoms with E-state index in [4.69, 9.17) is 4.74 Å². The molecule has 0 radical (unpaired) electrons. The molecule has 0 unspecified atom stereocenters. The molecule has 0 spiro atoms. The number of ether oxygens (including phenoxy) is 1. The number of pyridine rings is 1. The van der Waals surface area contributed by atoms with E-state index in [1.54, 1.807) is 19.3 Å². The Morgan fingerprint density at radius 1 is 1.43 bits per heavy atom. The van der Waals surface area contributed by atoms with Gasteiger partial charge in [-0.25, -0.2) is 4.98 Å². The number of nitrogens with zero attached hydrogens (tertiary/aromatic N) is 4. The second kappa shape index (κ2) is 6.69. The minimum atomic E-state index is 0.560. The summed E-state index contributed by atoms with van der Waals surface area (Å²) in [6, 6.07) is 5.61. The van der Waals surface area contributed by atoms with Crippen molar-refractivity contribution in [3.63, 3.8) is 0 Å². The van der Waals surface area contributed by atoms with E-state index in [0.29, 0.717) is 24.1 Å². The fraction of sp³-hybridized carbons (Fsp3) is 0.267. The normalized spacial score (nSPS) is 11.3. The van der Waals surface area contributed by atoms with E-state index in [1.165, 1.54) is 0 Å². The van der Waals surface area contributed by atoms with Gasteiger partial charge in [-0.15, -0.1) is 0 Å². The lowest BCUT2D eigenvalue weighted by Crippen LogP contribution is -2.15. The second-order valence-electron chi connectivity index (χ2n) is 4.28. The van der Waals surface area contributed by atoms with Gasteiger partial charge >= 0.3 is 0 Å². The number of nitrogens with one attached hydrogen (secondary N) is 1. The Hall–Kier alpha value is -2.63. The van der Waals surface area contributed by atoms with Gasteiger partial charge in [-0.1, -0.05) is 6.58 Å². The molecule has 0 aliphatic carbocycles. The topological polar surface area (TPSA) is 64.3 Å². The molecular weight excluding hydrogens is 266 g/mol. The van der Waals surface area contributed by atoms with Crippen LogP contribution in [0.25, 0.3) is 6.20 Å². The average Bonchev–Trinajstić information content (AvgIpc) is 2.46. The molecule has 0 bridgehead atoms. The highest BCUT2D eigenvalue weighted by Gasteiger charge is 2.03. The third-order valence-electron chi connectivity index (χ3n) is 2.77. The highest BCUT2D eigenvalue weighted by molar-refractivity contribution is 5.56. The largest absolute Gasteiger partial charge is 0.478 e. The highest BCUT2D eigenvalue weighted by atomic mass is 16.5. The van der Waals surface area contributed by atoms with Gasteiger partial charge in [-0.3, -0.25) is 4.99 Å². The Labute approximate surface area is 123 Å². The van der Waals surface area contributed by atoms with Crippen molar-refractivity contribution in [3.05, 3.63) is 42.3 Å². The number of hydrogen-bond acceptors (Lipinski definition) is 5. The second-order valence-corrected chi connectivity index (χ2v) is 4.28. The van der Waals surface area contributed by atoms with Crippen molar-refractivity contribution in [1.82, 2.24) is 14.5 Å². The molecular formula is C15H19N5O. The molecule has 2 heterocycles. The monoisotopic (exact) mass is 285 g/mol. The van der Waals surface area contributed by atoms with Crippen LogP contribution in [-0.2, 0) is 0 Å². The quantitative estimate of drug-likeness (QED) is 0.916. The maximum atomic E-state index is 5.42. The lowest BCUT2D eigenvalue weighted by molar-refractivity contribution is 0.325. The van der Waals surface area contributed by atoms with E-state index in [-0.39, 0.29) is 0 Å². The van der Waals surface area contributed by atoms with Gasteiger partial charge in [0.15, 0.2) is 0 Å². The predicted molar refractivity (Wildman–Crippen MR) is 83.5 cm³/mol. The summed E-state index contributed by atoms with van der Waals surface area (Å²) in [5.41, 5.74) is 1.68. The zero-order valence-corrected chi connectivity index (χ0v) is 12.5.